The Labute approximate surface area is 119 Å². The van der Waals surface area contributed by atoms with Crippen LogP contribution in [-0.4, -0.2) is 42.6 Å². The summed E-state index contributed by atoms with van der Waals surface area (Å²) in [6, 6.07) is 4.32. The number of carbonyl (C=O) groups excluding carboxylic acids is 1. The summed E-state index contributed by atoms with van der Waals surface area (Å²) in [6.45, 7) is 4.65. The lowest BCUT2D eigenvalue weighted by Crippen LogP contribution is -2.46. The van der Waals surface area contributed by atoms with Crippen molar-refractivity contribution in [2.75, 3.05) is 19.8 Å². The Bertz CT molecular complexity index is 442. The van der Waals surface area contributed by atoms with Crippen molar-refractivity contribution in [3.63, 3.8) is 0 Å². The van der Waals surface area contributed by atoms with Crippen LogP contribution in [0.2, 0.25) is 0 Å². The lowest BCUT2D eigenvalue weighted by atomic mass is 10.0. The second kappa shape index (κ2) is 5.97. The van der Waals surface area contributed by atoms with Gasteiger partial charge in [0.2, 0.25) is 5.91 Å². The minimum atomic E-state index is -0.0643. The highest BCUT2D eigenvalue weighted by Crippen LogP contribution is 2.31. The van der Waals surface area contributed by atoms with Gasteiger partial charge in [-0.1, -0.05) is 6.92 Å². The van der Waals surface area contributed by atoms with Crippen LogP contribution >= 0.6 is 0 Å². The van der Waals surface area contributed by atoms with E-state index in [1.54, 1.807) is 6.26 Å². The van der Waals surface area contributed by atoms with Crippen LogP contribution in [0.4, 0.5) is 0 Å². The summed E-state index contributed by atoms with van der Waals surface area (Å²) >= 11 is 0. The number of likely N-dealkylation sites (N-methyl/N-ethyl adjacent to an activating group) is 1. The van der Waals surface area contributed by atoms with Crippen LogP contribution in [-0.2, 0) is 16.1 Å². The Balaban J connectivity index is 1.69. The molecule has 3 rings (SSSR count). The van der Waals surface area contributed by atoms with E-state index in [1.807, 2.05) is 17.0 Å². The van der Waals surface area contributed by atoms with Gasteiger partial charge >= 0.3 is 0 Å². The van der Waals surface area contributed by atoms with Crippen molar-refractivity contribution in [1.82, 2.24) is 10.2 Å². The van der Waals surface area contributed by atoms with E-state index >= 15 is 0 Å². The van der Waals surface area contributed by atoms with Crippen LogP contribution in [0.5, 0.6) is 0 Å². The maximum atomic E-state index is 12.8. The van der Waals surface area contributed by atoms with Crippen molar-refractivity contribution in [3.8, 4) is 0 Å². The summed E-state index contributed by atoms with van der Waals surface area (Å²) in [5, 5.41) is 3.35. The van der Waals surface area contributed by atoms with Gasteiger partial charge in [-0.25, -0.2) is 0 Å². The van der Waals surface area contributed by atoms with E-state index in [4.69, 9.17) is 9.15 Å². The minimum absolute atomic E-state index is 0.0643. The summed E-state index contributed by atoms with van der Waals surface area (Å²) in [5.74, 6) is 0.988. The number of hydrogen-bond acceptors (Lipinski definition) is 4. The maximum absolute atomic E-state index is 12.8. The SMILES string of the molecule is CCNC1COCC1C(=O)N(Cc1ccco1)C1CC1. The van der Waals surface area contributed by atoms with Crippen molar-refractivity contribution < 1.29 is 13.9 Å². The molecule has 1 aliphatic heterocycles. The van der Waals surface area contributed by atoms with E-state index in [9.17, 15) is 4.79 Å². The summed E-state index contributed by atoms with van der Waals surface area (Å²) in [6.07, 6.45) is 3.86. The highest BCUT2D eigenvalue weighted by molar-refractivity contribution is 5.80. The Hall–Kier alpha value is -1.33. The van der Waals surface area contributed by atoms with Gasteiger partial charge in [0, 0.05) is 12.1 Å². The van der Waals surface area contributed by atoms with Gasteiger partial charge in [-0.15, -0.1) is 0 Å². The Morgan fingerprint density at radius 3 is 2.95 bits per heavy atom. The number of nitrogens with zero attached hydrogens (tertiary/aromatic N) is 1. The van der Waals surface area contributed by atoms with Crippen LogP contribution in [0.25, 0.3) is 0 Å². The standard InChI is InChI=1S/C15H22N2O3/c1-2-16-14-10-19-9-13(14)15(18)17(11-5-6-11)8-12-4-3-7-20-12/h3-4,7,11,13-14,16H,2,5-6,8-10H2,1H3. The van der Waals surface area contributed by atoms with E-state index in [0.29, 0.717) is 25.8 Å². The van der Waals surface area contributed by atoms with Crippen LogP contribution in [0.3, 0.4) is 0 Å². The monoisotopic (exact) mass is 278 g/mol. The van der Waals surface area contributed by atoms with Crippen molar-refractivity contribution in [3.05, 3.63) is 24.2 Å². The zero-order valence-electron chi connectivity index (χ0n) is 11.9. The zero-order chi connectivity index (χ0) is 13.9. The van der Waals surface area contributed by atoms with Gasteiger partial charge in [0.25, 0.3) is 0 Å². The Morgan fingerprint density at radius 2 is 2.30 bits per heavy atom. The molecule has 1 saturated carbocycles. The number of amides is 1. The van der Waals surface area contributed by atoms with Gasteiger partial charge in [-0.2, -0.15) is 0 Å². The fourth-order valence-corrected chi connectivity index (χ4v) is 2.82. The smallest absolute Gasteiger partial charge is 0.230 e. The fourth-order valence-electron chi connectivity index (χ4n) is 2.82. The average Bonchev–Trinajstić information content (AvgIpc) is 2.97. The molecule has 2 heterocycles. The molecule has 0 spiro atoms. The predicted molar refractivity (Wildman–Crippen MR) is 74.1 cm³/mol. The maximum Gasteiger partial charge on any atom is 0.230 e. The van der Waals surface area contributed by atoms with Crippen LogP contribution in [0.1, 0.15) is 25.5 Å². The second-order valence-corrected chi connectivity index (χ2v) is 5.58. The summed E-state index contributed by atoms with van der Waals surface area (Å²) in [7, 11) is 0. The molecular weight excluding hydrogens is 256 g/mol. The van der Waals surface area contributed by atoms with E-state index in [2.05, 4.69) is 12.2 Å². The number of furan rings is 1. The van der Waals surface area contributed by atoms with Gasteiger partial charge in [0.1, 0.15) is 5.76 Å². The van der Waals surface area contributed by atoms with Gasteiger partial charge in [0.15, 0.2) is 0 Å². The molecule has 5 nitrogen and oxygen atoms in total. The molecule has 110 valence electrons. The van der Waals surface area contributed by atoms with Gasteiger partial charge < -0.3 is 19.4 Å². The lowest BCUT2D eigenvalue weighted by molar-refractivity contribution is -0.137. The lowest BCUT2D eigenvalue weighted by Gasteiger charge is -2.27. The number of nitrogens with one attached hydrogen (secondary N) is 1. The van der Waals surface area contributed by atoms with Crippen molar-refractivity contribution >= 4 is 5.91 Å². The summed E-state index contributed by atoms with van der Waals surface area (Å²) in [4.78, 5) is 14.8. The zero-order valence-corrected chi connectivity index (χ0v) is 11.9. The first-order valence-corrected chi connectivity index (χ1v) is 7.43. The predicted octanol–water partition coefficient (Wildman–Crippen LogP) is 1.40. The van der Waals surface area contributed by atoms with E-state index in [1.165, 1.54) is 0 Å². The molecule has 5 heteroatoms. The molecular formula is C15H22N2O3. The molecule has 20 heavy (non-hydrogen) atoms. The topological polar surface area (TPSA) is 54.7 Å². The minimum Gasteiger partial charge on any atom is -0.467 e. The third kappa shape index (κ3) is 2.88. The van der Waals surface area contributed by atoms with Gasteiger partial charge in [-0.3, -0.25) is 4.79 Å². The molecule has 1 saturated heterocycles. The van der Waals surface area contributed by atoms with Crippen molar-refractivity contribution in [2.45, 2.75) is 38.4 Å². The number of rotatable bonds is 6. The summed E-state index contributed by atoms with van der Waals surface area (Å²) in [5.41, 5.74) is 0. The Kier molecular flexibility index (Phi) is 4.08. The third-order valence-electron chi connectivity index (χ3n) is 4.04. The normalized spacial score (nSPS) is 25.9. The van der Waals surface area contributed by atoms with Crippen LogP contribution < -0.4 is 5.32 Å². The van der Waals surface area contributed by atoms with E-state index in [-0.39, 0.29) is 17.9 Å². The molecule has 1 aliphatic carbocycles. The number of carbonyl (C=O) groups is 1. The molecule has 0 radical (unpaired) electrons. The molecule has 2 aliphatic rings. The third-order valence-corrected chi connectivity index (χ3v) is 4.04. The Morgan fingerprint density at radius 1 is 1.45 bits per heavy atom. The quantitative estimate of drug-likeness (QED) is 0.854. The van der Waals surface area contributed by atoms with E-state index < -0.39 is 0 Å². The highest BCUT2D eigenvalue weighted by Gasteiger charge is 2.41. The molecule has 2 fully saturated rings. The molecule has 0 aromatic carbocycles. The first-order chi connectivity index (χ1) is 9.79. The molecule has 2 unspecified atom stereocenters. The van der Waals surface area contributed by atoms with Crippen molar-refractivity contribution in [1.29, 1.82) is 0 Å². The number of hydrogen-bond donors (Lipinski definition) is 1. The molecule has 1 N–H and O–H groups in total. The largest absolute Gasteiger partial charge is 0.467 e. The van der Waals surface area contributed by atoms with E-state index in [0.717, 1.165) is 25.1 Å². The van der Waals surface area contributed by atoms with Crippen LogP contribution in [0.15, 0.2) is 22.8 Å². The van der Waals surface area contributed by atoms with Crippen molar-refractivity contribution in [2.24, 2.45) is 5.92 Å². The first kappa shape index (κ1) is 13.6. The van der Waals surface area contributed by atoms with Gasteiger partial charge in [-0.05, 0) is 31.5 Å². The molecule has 1 aromatic heterocycles. The highest BCUT2D eigenvalue weighted by atomic mass is 16.5. The number of ether oxygens (including phenoxy) is 1. The molecule has 1 aromatic rings. The van der Waals surface area contributed by atoms with Gasteiger partial charge in [0.05, 0.1) is 31.9 Å². The first-order valence-electron chi connectivity index (χ1n) is 7.43. The molecule has 0 bridgehead atoms. The average molecular weight is 278 g/mol. The molecule has 2 atom stereocenters. The second-order valence-electron chi connectivity index (χ2n) is 5.58. The fraction of sp³-hybridized carbons (Fsp3) is 0.667. The molecule has 1 amide bonds. The summed E-state index contributed by atoms with van der Waals surface area (Å²) < 4.78 is 10.9. The van der Waals surface area contributed by atoms with Crippen LogP contribution in [0, 0.1) is 5.92 Å².